The smallest absolute Gasteiger partial charge is 0.338 e. The van der Waals surface area contributed by atoms with Crippen molar-refractivity contribution in [3.05, 3.63) is 29.8 Å². The zero-order valence-corrected chi connectivity index (χ0v) is 14.7. The van der Waals surface area contributed by atoms with Crippen molar-refractivity contribution in [2.24, 2.45) is 11.8 Å². The van der Waals surface area contributed by atoms with Gasteiger partial charge in [0.25, 0.3) is 5.91 Å². The SMILES string of the molecule is CCOc1ccc(C(=O)OCC(=O)N[C@H]2CCC[C@H](C)[C@@H]2C)cc1. The molecular formula is C19H27NO4. The molecule has 1 aromatic carbocycles. The van der Waals surface area contributed by atoms with Crippen molar-refractivity contribution in [1.29, 1.82) is 0 Å². The molecule has 1 N–H and O–H groups in total. The van der Waals surface area contributed by atoms with E-state index < -0.39 is 5.97 Å². The van der Waals surface area contributed by atoms with Gasteiger partial charge in [-0.1, -0.05) is 26.7 Å². The van der Waals surface area contributed by atoms with Gasteiger partial charge in [0.2, 0.25) is 0 Å². The number of nitrogens with one attached hydrogen (secondary N) is 1. The van der Waals surface area contributed by atoms with Gasteiger partial charge in [-0.3, -0.25) is 4.79 Å². The van der Waals surface area contributed by atoms with Crippen LogP contribution in [0.15, 0.2) is 24.3 Å². The second-order valence-electron chi connectivity index (χ2n) is 6.47. The Morgan fingerprint density at radius 3 is 2.54 bits per heavy atom. The van der Waals surface area contributed by atoms with Gasteiger partial charge in [-0.25, -0.2) is 4.79 Å². The molecule has 0 unspecified atom stereocenters. The van der Waals surface area contributed by atoms with Crippen LogP contribution in [0, 0.1) is 11.8 Å². The van der Waals surface area contributed by atoms with Crippen LogP contribution in [-0.2, 0) is 9.53 Å². The summed E-state index contributed by atoms with van der Waals surface area (Å²) in [6.45, 7) is 6.61. The molecule has 0 aromatic heterocycles. The van der Waals surface area contributed by atoms with E-state index in [1.807, 2.05) is 6.92 Å². The van der Waals surface area contributed by atoms with Gasteiger partial charge >= 0.3 is 5.97 Å². The predicted octanol–water partition coefficient (Wildman–Crippen LogP) is 3.18. The van der Waals surface area contributed by atoms with Gasteiger partial charge in [0.05, 0.1) is 12.2 Å². The van der Waals surface area contributed by atoms with Crippen LogP contribution in [0.3, 0.4) is 0 Å². The Hall–Kier alpha value is -2.04. The fraction of sp³-hybridized carbons (Fsp3) is 0.579. The molecule has 3 atom stereocenters. The van der Waals surface area contributed by atoms with Gasteiger partial charge in [-0.05, 0) is 49.4 Å². The van der Waals surface area contributed by atoms with Gasteiger partial charge in [-0.2, -0.15) is 0 Å². The molecule has 5 heteroatoms. The lowest BCUT2D eigenvalue weighted by molar-refractivity contribution is -0.125. The second-order valence-corrected chi connectivity index (χ2v) is 6.47. The van der Waals surface area contributed by atoms with Crippen LogP contribution in [0.25, 0.3) is 0 Å². The quantitative estimate of drug-likeness (QED) is 0.812. The van der Waals surface area contributed by atoms with Crippen LogP contribution < -0.4 is 10.1 Å². The first-order valence-corrected chi connectivity index (χ1v) is 8.70. The van der Waals surface area contributed by atoms with E-state index in [4.69, 9.17) is 9.47 Å². The Morgan fingerprint density at radius 1 is 1.17 bits per heavy atom. The van der Waals surface area contributed by atoms with E-state index in [2.05, 4.69) is 19.2 Å². The third-order valence-corrected chi connectivity index (χ3v) is 4.79. The van der Waals surface area contributed by atoms with Gasteiger partial charge < -0.3 is 14.8 Å². The maximum absolute atomic E-state index is 12.0. The number of benzene rings is 1. The molecular weight excluding hydrogens is 306 g/mol. The lowest BCUT2D eigenvalue weighted by Crippen LogP contribution is -2.45. The molecule has 132 valence electrons. The number of carbonyl (C=O) groups is 2. The van der Waals surface area contributed by atoms with Crippen LogP contribution in [0.2, 0.25) is 0 Å². The summed E-state index contributed by atoms with van der Waals surface area (Å²) >= 11 is 0. The highest BCUT2D eigenvalue weighted by Gasteiger charge is 2.28. The summed E-state index contributed by atoms with van der Waals surface area (Å²) in [6.07, 6.45) is 3.33. The van der Waals surface area contributed by atoms with Gasteiger partial charge in [0.1, 0.15) is 5.75 Å². The number of hydrogen-bond acceptors (Lipinski definition) is 4. The molecule has 1 aliphatic carbocycles. The molecule has 2 rings (SSSR count). The van der Waals surface area contributed by atoms with Crippen molar-refractivity contribution in [3.63, 3.8) is 0 Å². The molecule has 0 radical (unpaired) electrons. The Kier molecular flexibility index (Phi) is 6.64. The predicted molar refractivity (Wildman–Crippen MR) is 92.0 cm³/mol. The standard InChI is InChI=1S/C19H27NO4/c1-4-23-16-10-8-15(9-11-16)19(22)24-12-18(21)20-17-7-5-6-13(2)14(17)3/h8-11,13-14,17H,4-7,12H2,1-3H3,(H,20,21)/t13-,14-,17-/m0/s1. The summed E-state index contributed by atoms with van der Waals surface area (Å²) in [4.78, 5) is 24.0. The van der Waals surface area contributed by atoms with Crippen LogP contribution in [0.5, 0.6) is 5.75 Å². The Morgan fingerprint density at radius 2 is 1.88 bits per heavy atom. The van der Waals surface area contributed by atoms with Gasteiger partial charge in [-0.15, -0.1) is 0 Å². The third-order valence-electron chi connectivity index (χ3n) is 4.79. The molecule has 0 saturated heterocycles. The van der Waals surface area contributed by atoms with Gasteiger partial charge in [0, 0.05) is 6.04 Å². The Bertz CT molecular complexity index is 555. The highest BCUT2D eigenvalue weighted by molar-refractivity contribution is 5.91. The summed E-state index contributed by atoms with van der Waals surface area (Å²) in [5.41, 5.74) is 0.408. The van der Waals surface area contributed by atoms with E-state index in [0.29, 0.717) is 29.8 Å². The molecule has 0 spiro atoms. The first-order chi connectivity index (χ1) is 11.5. The van der Waals surface area contributed by atoms with Gasteiger partial charge in [0.15, 0.2) is 6.61 Å². The molecule has 1 saturated carbocycles. The highest BCUT2D eigenvalue weighted by Crippen LogP contribution is 2.29. The van der Waals surface area contributed by atoms with Crippen molar-refractivity contribution in [2.75, 3.05) is 13.2 Å². The topological polar surface area (TPSA) is 64.6 Å². The molecule has 1 aliphatic rings. The largest absolute Gasteiger partial charge is 0.494 e. The molecule has 24 heavy (non-hydrogen) atoms. The Balaban J connectivity index is 1.79. The van der Waals surface area contributed by atoms with Crippen LogP contribution in [0.1, 0.15) is 50.4 Å². The van der Waals surface area contributed by atoms with E-state index in [9.17, 15) is 9.59 Å². The lowest BCUT2D eigenvalue weighted by atomic mass is 9.78. The molecule has 5 nitrogen and oxygen atoms in total. The maximum Gasteiger partial charge on any atom is 0.338 e. The van der Waals surface area contributed by atoms with Crippen molar-refractivity contribution >= 4 is 11.9 Å². The van der Waals surface area contributed by atoms with Crippen molar-refractivity contribution in [3.8, 4) is 5.75 Å². The average Bonchev–Trinajstić information content (AvgIpc) is 2.58. The third kappa shape index (κ3) is 4.98. The maximum atomic E-state index is 12.0. The van der Waals surface area contributed by atoms with Crippen molar-refractivity contribution in [2.45, 2.75) is 46.1 Å². The average molecular weight is 333 g/mol. The number of rotatable bonds is 6. The van der Waals surface area contributed by atoms with Crippen LogP contribution in [-0.4, -0.2) is 31.1 Å². The second kappa shape index (κ2) is 8.71. The monoisotopic (exact) mass is 333 g/mol. The van der Waals surface area contributed by atoms with E-state index in [1.165, 1.54) is 6.42 Å². The number of esters is 1. The molecule has 0 bridgehead atoms. The van der Waals surface area contributed by atoms with E-state index in [1.54, 1.807) is 24.3 Å². The molecule has 1 aromatic rings. The summed E-state index contributed by atoms with van der Waals surface area (Å²) in [5, 5.41) is 3.00. The number of carbonyl (C=O) groups excluding carboxylic acids is 2. The fourth-order valence-electron chi connectivity index (χ4n) is 3.10. The number of hydrogen-bond donors (Lipinski definition) is 1. The molecule has 0 aliphatic heterocycles. The lowest BCUT2D eigenvalue weighted by Gasteiger charge is -2.34. The zero-order valence-electron chi connectivity index (χ0n) is 14.7. The molecule has 0 heterocycles. The van der Waals surface area contributed by atoms with E-state index in [-0.39, 0.29) is 18.6 Å². The van der Waals surface area contributed by atoms with Crippen LogP contribution >= 0.6 is 0 Å². The molecule has 1 amide bonds. The summed E-state index contributed by atoms with van der Waals surface area (Å²) in [5.74, 6) is 1.02. The van der Waals surface area contributed by atoms with E-state index in [0.717, 1.165) is 12.8 Å². The summed E-state index contributed by atoms with van der Waals surface area (Å²) < 4.78 is 10.4. The molecule has 1 fully saturated rings. The first-order valence-electron chi connectivity index (χ1n) is 8.70. The van der Waals surface area contributed by atoms with Crippen LogP contribution in [0.4, 0.5) is 0 Å². The minimum Gasteiger partial charge on any atom is -0.494 e. The van der Waals surface area contributed by atoms with E-state index >= 15 is 0 Å². The summed E-state index contributed by atoms with van der Waals surface area (Å²) in [7, 11) is 0. The van der Waals surface area contributed by atoms with Crippen molar-refractivity contribution < 1.29 is 19.1 Å². The highest BCUT2D eigenvalue weighted by atomic mass is 16.5. The minimum absolute atomic E-state index is 0.172. The Labute approximate surface area is 143 Å². The number of ether oxygens (including phenoxy) is 2. The fourth-order valence-corrected chi connectivity index (χ4v) is 3.10. The van der Waals surface area contributed by atoms with Crippen molar-refractivity contribution in [1.82, 2.24) is 5.32 Å². The minimum atomic E-state index is -0.502. The summed E-state index contributed by atoms with van der Waals surface area (Å²) in [6, 6.07) is 6.87. The first kappa shape index (κ1) is 18.3. The normalized spacial score (nSPS) is 23.4. The number of amides is 1. The zero-order chi connectivity index (χ0) is 17.5.